The van der Waals surface area contributed by atoms with Crippen LogP contribution in [0.15, 0.2) is 40.9 Å². The normalized spacial score (nSPS) is 10.2. The van der Waals surface area contributed by atoms with E-state index in [1.165, 1.54) is 12.1 Å². The van der Waals surface area contributed by atoms with E-state index >= 15 is 0 Å². The van der Waals surface area contributed by atoms with Crippen molar-refractivity contribution in [2.45, 2.75) is 0 Å². The molecule has 0 spiro atoms. The van der Waals surface area contributed by atoms with Gasteiger partial charge >= 0.3 is 0 Å². The molecule has 8 heteroatoms. The molecule has 5 nitrogen and oxygen atoms in total. The molecule has 0 saturated carbocycles. The Balaban J connectivity index is 2.34. The van der Waals surface area contributed by atoms with Crippen LogP contribution in [0.1, 0.15) is 10.4 Å². The molecular weight excluding hydrogens is 367 g/mol. The maximum absolute atomic E-state index is 13.2. The van der Waals surface area contributed by atoms with Gasteiger partial charge in [-0.25, -0.2) is 4.39 Å². The number of carbonyl (C=O) groups is 1. The van der Waals surface area contributed by atoms with Gasteiger partial charge in [0.25, 0.3) is 11.6 Å². The number of nitrogens with zero attached hydrogens (tertiary/aromatic N) is 1. The fourth-order valence-corrected chi connectivity index (χ4v) is 2.12. The van der Waals surface area contributed by atoms with E-state index in [2.05, 4.69) is 21.2 Å². The molecule has 0 saturated heterocycles. The summed E-state index contributed by atoms with van der Waals surface area (Å²) >= 11 is 9.01. The fourth-order valence-electron chi connectivity index (χ4n) is 1.62. The number of halogens is 3. The van der Waals surface area contributed by atoms with Gasteiger partial charge in [-0.2, -0.15) is 0 Å². The van der Waals surface area contributed by atoms with E-state index in [0.29, 0.717) is 15.2 Å². The van der Waals surface area contributed by atoms with Crippen LogP contribution in [-0.4, -0.2) is 10.8 Å². The number of carbonyl (C=O) groups excluding carboxylic acids is 1. The van der Waals surface area contributed by atoms with Crippen LogP contribution in [0.5, 0.6) is 0 Å². The van der Waals surface area contributed by atoms with Gasteiger partial charge in [0.2, 0.25) is 0 Å². The summed E-state index contributed by atoms with van der Waals surface area (Å²) in [4.78, 5) is 22.2. The lowest BCUT2D eigenvalue weighted by atomic mass is 10.1. The zero-order valence-corrected chi connectivity index (χ0v) is 12.6. The van der Waals surface area contributed by atoms with Gasteiger partial charge < -0.3 is 5.32 Å². The Bertz CT molecular complexity index is 739. The molecule has 2 aromatic carbocycles. The monoisotopic (exact) mass is 372 g/mol. The molecule has 1 amide bonds. The molecule has 0 radical (unpaired) electrons. The van der Waals surface area contributed by atoms with Gasteiger partial charge in [0.1, 0.15) is 11.4 Å². The Hall–Kier alpha value is -1.99. The molecule has 0 fully saturated rings. The van der Waals surface area contributed by atoms with Gasteiger partial charge in [0.15, 0.2) is 0 Å². The highest BCUT2D eigenvalue weighted by atomic mass is 79.9. The molecule has 0 aliphatic heterocycles. The topological polar surface area (TPSA) is 72.2 Å². The van der Waals surface area contributed by atoms with Crippen LogP contribution in [0.3, 0.4) is 0 Å². The van der Waals surface area contributed by atoms with Crippen LogP contribution in [0.25, 0.3) is 0 Å². The van der Waals surface area contributed by atoms with E-state index in [-0.39, 0.29) is 5.56 Å². The highest BCUT2D eigenvalue weighted by Crippen LogP contribution is 2.27. The molecule has 0 bridgehead atoms. The van der Waals surface area contributed by atoms with Crippen molar-refractivity contribution in [1.29, 1.82) is 0 Å². The van der Waals surface area contributed by atoms with Gasteiger partial charge in [-0.1, -0.05) is 11.6 Å². The van der Waals surface area contributed by atoms with Crippen molar-refractivity contribution in [1.82, 2.24) is 0 Å². The summed E-state index contributed by atoms with van der Waals surface area (Å²) in [6, 6.07) is 7.29. The number of rotatable bonds is 3. The second kappa shape index (κ2) is 6.19. The van der Waals surface area contributed by atoms with Crippen molar-refractivity contribution in [3.05, 3.63) is 67.4 Å². The minimum atomic E-state index is -0.782. The largest absolute Gasteiger partial charge is 0.322 e. The van der Waals surface area contributed by atoms with Crippen LogP contribution in [0.4, 0.5) is 15.8 Å². The second-order valence-corrected chi connectivity index (χ2v) is 5.26. The second-order valence-electron chi connectivity index (χ2n) is 4.00. The van der Waals surface area contributed by atoms with Crippen LogP contribution < -0.4 is 5.32 Å². The average molecular weight is 374 g/mol. The first kappa shape index (κ1) is 15.4. The summed E-state index contributed by atoms with van der Waals surface area (Å²) in [6.45, 7) is 0. The molecule has 0 atom stereocenters. The third kappa shape index (κ3) is 3.56. The third-order valence-electron chi connectivity index (χ3n) is 2.58. The van der Waals surface area contributed by atoms with E-state index in [0.717, 1.165) is 18.2 Å². The Kier molecular flexibility index (Phi) is 4.54. The molecule has 2 rings (SSSR count). The lowest BCUT2D eigenvalue weighted by Crippen LogP contribution is -2.14. The highest BCUT2D eigenvalue weighted by Gasteiger charge is 2.21. The van der Waals surface area contributed by atoms with E-state index in [9.17, 15) is 19.3 Å². The number of hydrogen-bond donors (Lipinski definition) is 1. The van der Waals surface area contributed by atoms with Crippen molar-refractivity contribution in [2.24, 2.45) is 0 Å². The quantitative estimate of drug-likeness (QED) is 0.640. The molecule has 2 aromatic rings. The predicted octanol–water partition coefficient (Wildman–Crippen LogP) is 4.40. The van der Waals surface area contributed by atoms with Crippen molar-refractivity contribution < 1.29 is 14.1 Å². The van der Waals surface area contributed by atoms with Crippen LogP contribution >= 0.6 is 27.5 Å². The number of nitrogens with one attached hydrogen (secondary N) is 1. The van der Waals surface area contributed by atoms with E-state index in [4.69, 9.17) is 11.6 Å². The average Bonchev–Trinajstić information content (AvgIpc) is 2.42. The summed E-state index contributed by atoms with van der Waals surface area (Å²) < 4.78 is 13.8. The van der Waals surface area contributed by atoms with E-state index in [1.807, 2.05) is 0 Å². The van der Waals surface area contributed by atoms with Crippen LogP contribution in [0, 0.1) is 15.9 Å². The highest BCUT2D eigenvalue weighted by molar-refractivity contribution is 9.10. The summed E-state index contributed by atoms with van der Waals surface area (Å²) in [5, 5.41) is 13.8. The molecule has 0 aliphatic rings. The molecule has 0 unspecified atom stereocenters. The van der Waals surface area contributed by atoms with E-state index in [1.54, 1.807) is 6.07 Å². The minimum absolute atomic E-state index is 0.355. The molecule has 108 valence electrons. The zero-order chi connectivity index (χ0) is 15.6. The molecular formula is C13H7BrClFN2O3. The first-order chi connectivity index (χ1) is 9.88. The number of hydrogen-bond acceptors (Lipinski definition) is 3. The van der Waals surface area contributed by atoms with Crippen molar-refractivity contribution in [3.8, 4) is 0 Å². The van der Waals surface area contributed by atoms with Crippen molar-refractivity contribution in [2.75, 3.05) is 5.32 Å². The predicted molar refractivity (Wildman–Crippen MR) is 80.2 cm³/mol. The zero-order valence-electron chi connectivity index (χ0n) is 10.3. The van der Waals surface area contributed by atoms with E-state index < -0.39 is 22.3 Å². The van der Waals surface area contributed by atoms with Gasteiger partial charge in [-0.3, -0.25) is 14.9 Å². The van der Waals surface area contributed by atoms with Crippen molar-refractivity contribution >= 4 is 44.8 Å². The SMILES string of the molecule is O=C(Nc1ccc(Cl)c(Br)c1)c1cc(F)ccc1[N+](=O)[O-]. The van der Waals surface area contributed by atoms with Gasteiger partial charge in [0, 0.05) is 16.2 Å². The number of anilines is 1. The lowest BCUT2D eigenvalue weighted by Gasteiger charge is -2.07. The Morgan fingerprint density at radius 2 is 2.00 bits per heavy atom. The first-order valence-electron chi connectivity index (χ1n) is 5.59. The standard InChI is InChI=1S/C13H7BrClFN2O3/c14-10-6-8(2-3-11(10)15)17-13(19)9-5-7(16)1-4-12(9)18(20)21/h1-6H,(H,17,19). The number of nitro benzene ring substituents is 1. The summed E-state index contributed by atoms with van der Waals surface area (Å²) in [5.41, 5.74) is -0.456. The van der Waals surface area contributed by atoms with Gasteiger partial charge in [0.05, 0.1) is 9.95 Å². The Morgan fingerprint density at radius 3 is 2.62 bits per heavy atom. The summed E-state index contributed by atoms with van der Waals surface area (Å²) in [6.07, 6.45) is 0. The van der Waals surface area contributed by atoms with Gasteiger partial charge in [-0.15, -0.1) is 0 Å². The summed E-state index contributed by atoms with van der Waals surface area (Å²) in [7, 11) is 0. The smallest absolute Gasteiger partial charge is 0.282 e. The number of benzene rings is 2. The molecule has 1 N–H and O–H groups in total. The van der Waals surface area contributed by atoms with Crippen LogP contribution in [0.2, 0.25) is 5.02 Å². The fraction of sp³-hybridized carbons (Fsp3) is 0. The number of nitro groups is 1. The van der Waals surface area contributed by atoms with Gasteiger partial charge in [-0.05, 0) is 46.3 Å². The third-order valence-corrected chi connectivity index (χ3v) is 3.79. The first-order valence-corrected chi connectivity index (χ1v) is 6.76. The Morgan fingerprint density at radius 1 is 1.29 bits per heavy atom. The maximum Gasteiger partial charge on any atom is 0.282 e. The Labute approximate surface area is 132 Å². The maximum atomic E-state index is 13.2. The lowest BCUT2D eigenvalue weighted by molar-refractivity contribution is -0.385. The number of amides is 1. The summed E-state index contributed by atoms with van der Waals surface area (Å²) in [5.74, 6) is -1.52. The molecule has 0 aromatic heterocycles. The molecule has 0 heterocycles. The van der Waals surface area contributed by atoms with Crippen LogP contribution in [-0.2, 0) is 0 Å². The van der Waals surface area contributed by atoms with Crippen molar-refractivity contribution in [3.63, 3.8) is 0 Å². The molecule has 21 heavy (non-hydrogen) atoms. The molecule has 0 aliphatic carbocycles. The minimum Gasteiger partial charge on any atom is -0.322 e.